The molecule has 20 heavy (non-hydrogen) atoms. The van der Waals surface area contributed by atoms with Crippen LogP contribution in [0.2, 0.25) is 0 Å². The van der Waals surface area contributed by atoms with Crippen LogP contribution in [0, 0.1) is 17.0 Å². The maximum Gasteiger partial charge on any atom is 0.306 e. The van der Waals surface area contributed by atoms with Crippen LogP contribution in [0.15, 0.2) is 18.2 Å². The summed E-state index contributed by atoms with van der Waals surface area (Å²) in [6, 6.07) is 5.14. The first kappa shape index (κ1) is 14.3. The summed E-state index contributed by atoms with van der Waals surface area (Å²) in [6.07, 6.45) is -0.544. The van der Waals surface area contributed by atoms with Crippen molar-refractivity contribution in [3.8, 4) is 0 Å². The van der Waals surface area contributed by atoms with E-state index >= 15 is 0 Å². The number of nitrogens with zero attached hydrogens (tertiary/aromatic N) is 2. The van der Waals surface area contributed by atoms with Crippen LogP contribution in [0.25, 0.3) is 0 Å². The largest absolute Gasteiger partial charge is 0.481 e. The van der Waals surface area contributed by atoms with Gasteiger partial charge in [-0.1, -0.05) is 12.1 Å². The van der Waals surface area contributed by atoms with Gasteiger partial charge in [-0.3, -0.25) is 14.9 Å². The van der Waals surface area contributed by atoms with Crippen LogP contribution < -0.4 is 4.90 Å². The topological polar surface area (TPSA) is 92.9 Å². The Morgan fingerprint density at radius 3 is 3.00 bits per heavy atom. The van der Waals surface area contributed by atoms with Gasteiger partial charge in [-0.15, -0.1) is 0 Å². The number of carboxylic acids is 1. The minimum absolute atomic E-state index is 0.0727. The van der Waals surface area contributed by atoms with Crippen LogP contribution in [-0.4, -0.2) is 41.8 Å². The first-order valence-electron chi connectivity index (χ1n) is 6.31. The summed E-state index contributed by atoms with van der Waals surface area (Å²) in [4.78, 5) is 23.4. The third kappa shape index (κ3) is 3.05. The number of para-hydroxylation sites is 1. The van der Waals surface area contributed by atoms with E-state index in [1.165, 1.54) is 0 Å². The van der Waals surface area contributed by atoms with Crippen molar-refractivity contribution in [1.82, 2.24) is 0 Å². The molecular formula is C13H16N2O5. The van der Waals surface area contributed by atoms with Gasteiger partial charge in [0.15, 0.2) is 0 Å². The number of aryl methyl sites for hydroxylation is 1. The first-order chi connectivity index (χ1) is 9.49. The lowest BCUT2D eigenvalue weighted by atomic mass is 10.1. The Bertz CT molecular complexity index is 531. The SMILES string of the molecule is Cc1cccc(N2CCOC(CC(=O)O)C2)c1[N+](=O)[O-]. The molecule has 0 amide bonds. The Morgan fingerprint density at radius 2 is 2.35 bits per heavy atom. The van der Waals surface area contributed by atoms with E-state index in [1.54, 1.807) is 25.1 Å². The zero-order chi connectivity index (χ0) is 14.7. The highest BCUT2D eigenvalue weighted by atomic mass is 16.6. The van der Waals surface area contributed by atoms with Gasteiger partial charge in [0, 0.05) is 18.7 Å². The van der Waals surface area contributed by atoms with Crippen molar-refractivity contribution in [3.63, 3.8) is 0 Å². The second-order valence-corrected chi connectivity index (χ2v) is 4.74. The summed E-state index contributed by atoms with van der Waals surface area (Å²) >= 11 is 0. The van der Waals surface area contributed by atoms with Crippen LogP contribution in [0.4, 0.5) is 11.4 Å². The minimum atomic E-state index is -0.935. The molecule has 1 aliphatic rings. The van der Waals surface area contributed by atoms with Crippen LogP contribution in [0.5, 0.6) is 0 Å². The summed E-state index contributed by atoms with van der Waals surface area (Å²) in [5, 5.41) is 20.0. The zero-order valence-electron chi connectivity index (χ0n) is 11.1. The minimum Gasteiger partial charge on any atom is -0.481 e. The highest BCUT2D eigenvalue weighted by Crippen LogP contribution is 2.32. The predicted octanol–water partition coefficient (Wildman–Crippen LogP) is 1.58. The quantitative estimate of drug-likeness (QED) is 0.665. The highest BCUT2D eigenvalue weighted by Gasteiger charge is 2.28. The van der Waals surface area contributed by atoms with E-state index in [0.29, 0.717) is 30.9 Å². The Kier molecular flexibility index (Phi) is 4.19. The molecule has 0 spiro atoms. The molecule has 0 bridgehead atoms. The fraction of sp³-hybridized carbons (Fsp3) is 0.462. The van der Waals surface area contributed by atoms with Gasteiger partial charge >= 0.3 is 5.97 Å². The van der Waals surface area contributed by atoms with Crippen molar-refractivity contribution in [2.45, 2.75) is 19.4 Å². The number of carboxylic acid groups (broad SMARTS) is 1. The third-order valence-corrected chi connectivity index (χ3v) is 3.28. The van der Waals surface area contributed by atoms with Crippen LogP contribution >= 0.6 is 0 Å². The Balaban J connectivity index is 2.25. The molecule has 1 N–H and O–H groups in total. The van der Waals surface area contributed by atoms with Gasteiger partial charge in [0.2, 0.25) is 0 Å². The zero-order valence-corrected chi connectivity index (χ0v) is 11.1. The molecule has 0 aliphatic carbocycles. The van der Waals surface area contributed by atoms with Gasteiger partial charge in [0.25, 0.3) is 5.69 Å². The van der Waals surface area contributed by atoms with E-state index in [4.69, 9.17) is 9.84 Å². The number of aliphatic carboxylic acids is 1. The number of ether oxygens (including phenoxy) is 1. The molecule has 0 radical (unpaired) electrons. The number of morpholine rings is 1. The molecule has 1 fully saturated rings. The first-order valence-corrected chi connectivity index (χ1v) is 6.31. The van der Waals surface area contributed by atoms with Gasteiger partial charge in [0.1, 0.15) is 5.69 Å². The van der Waals surface area contributed by atoms with Crippen molar-refractivity contribution < 1.29 is 19.6 Å². The number of hydrogen-bond acceptors (Lipinski definition) is 5. The fourth-order valence-corrected chi connectivity index (χ4v) is 2.39. The Morgan fingerprint density at radius 1 is 1.60 bits per heavy atom. The molecule has 1 unspecified atom stereocenters. The number of anilines is 1. The monoisotopic (exact) mass is 280 g/mol. The average molecular weight is 280 g/mol. The molecule has 108 valence electrons. The van der Waals surface area contributed by atoms with E-state index < -0.39 is 17.0 Å². The number of benzene rings is 1. The summed E-state index contributed by atoms with van der Waals surface area (Å²) in [7, 11) is 0. The molecule has 1 aromatic carbocycles. The molecule has 1 aliphatic heterocycles. The highest BCUT2D eigenvalue weighted by molar-refractivity contribution is 5.69. The predicted molar refractivity (Wildman–Crippen MR) is 72.0 cm³/mol. The Labute approximate surface area is 115 Å². The van der Waals surface area contributed by atoms with Crippen LogP contribution in [0.1, 0.15) is 12.0 Å². The molecule has 1 saturated heterocycles. The molecular weight excluding hydrogens is 264 g/mol. The Hall–Kier alpha value is -2.15. The number of nitro benzene ring substituents is 1. The number of rotatable bonds is 4. The van der Waals surface area contributed by atoms with E-state index in [1.807, 2.05) is 4.90 Å². The number of hydrogen-bond donors (Lipinski definition) is 1. The van der Waals surface area contributed by atoms with E-state index in [-0.39, 0.29) is 12.1 Å². The van der Waals surface area contributed by atoms with E-state index in [2.05, 4.69) is 0 Å². The molecule has 2 rings (SSSR count). The lowest BCUT2D eigenvalue weighted by Crippen LogP contribution is -2.43. The molecule has 7 nitrogen and oxygen atoms in total. The van der Waals surface area contributed by atoms with Gasteiger partial charge in [-0.2, -0.15) is 0 Å². The molecule has 0 saturated carbocycles. The summed E-state index contributed by atoms with van der Waals surface area (Å²) in [5.74, 6) is -0.935. The molecule has 0 aromatic heterocycles. The van der Waals surface area contributed by atoms with Crippen molar-refractivity contribution >= 4 is 17.3 Å². The van der Waals surface area contributed by atoms with Crippen LogP contribution in [0.3, 0.4) is 0 Å². The maximum absolute atomic E-state index is 11.2. The molecule has 1 atom stereocenters. The molecule has 1 heterocycles. The standard InChI is InChI=1S/C13H16N2O5/c1-9-3-2-4-11(13(9)15(18)19)14-5-6-20-10(8-14)7-12(16)17/h2-4,10H,5-8H2,1H3,(H,16,17). The van der Waals surface area contributed by atoms with Crippen LogP contribution in [-0.2, 0) is 9.53 Å². The van der Waals surface area contributed by atoms with Gasteiger partial charge in [-0.05, 0) is 13.0 Å². The second-order valence-electron chi connectivity index (χ2n) is 4.74. The molecule has 1 aromatic rings. The van der Waals surface area contributed by atoms with Crippen molar-refractivity contribution in [3.05, 3.63) is 33.9 Å². The smallest absolute Gasteiger partial charge is 0.306 e. The second kappa shape index (κ2) is 5.87. The van der Waals surface area contributed by atoms with E-state index in [9.17, 15) is 14.9 Å². The van der Waals surface area contributed by atoms with Crippen molar-refractivity contribution in [2.75, 3.05) is 24.6 Å². The van der Waals surface area contributed by atoms with E-state index in [0.717, 1.165) is 0 Å². The summed E-state index contributed by atoms with van der Waals surface area (Å²) in [5.41, 5.74) is 1.19. The van der Waals surface area contributed by atoms with Crippen molar-refractivity contribution in [1.29, 1.82) is 0 Å². The maximum atomic E-state index is 11.2. The average Bonchev–Trinajstić information content (AvgIpc) is 2.37. The lowest BCUT2D eigenvalue weighted by molar-refractivity contribution is -0.384. The fourth-order valence-electron chi connectivity index (χ4n) is 2.39. The summed E-state index contributed by atoms with van der Waals surface area (Å²) in [6.45, 7) is 2.91. The normalized spacial score (nSPS) is 18.9. The third-order valence-electron chi connectivity index (χ3n) is 3.28. The van der Waals surface area contributed by atoms with Crippen molar-refractivity contribution in [2.24, 2.45) is 0 Å². The molecule has 7 heteroatoms. The lowest BCUT2D eigenvalue weighted by Gasteiger charge is -2.33. The summed E-state index contributed by atoms with van der Waals surface area (Å²) < 4.78 is 5.38. The van der Waals surface area contributed by atoms with Gasteiger partial charge < -0.3 is 14.7 Å². The van der Waals surface area contributed by atoms with Gasteiger partial charge in [-0.25, -0.2) is 0 Å². The number of nitro groups is 1. The van der Waals surface area contributed by atoms with Gasteiger partial charge in [0.05, 0.1) is 24.1 Å². The number of carbonyl (C=O) groups is 1.